The van der Waals surface area contributed by atoms with E-state index in [2.05, 4.69) is 20.4 Å². The number of rotatable bonds is 9. The van der Waals surface area contributed by atoms with E-state index in [0.717, 1.165) is 18.6 Å². The molecule has 1 aromatic carbocycles. The number of guanidine groups is 1. The lowest BCUT2D eigenvalue weighted by Gasteiger charge is -2.16. The molecular weight excluding hydrogens is 401 g/mol. The van der Waals surface area contributed by atoms with Crippen LogP contribution < -0.4 is 10.6 Å². The van der Waals surface area contributed by atoms with Crippen LogP contribution in [0.25, 0.3) is 0 Å². The zero-order valence-corrected chi connectivity index (χ0v) is 17.3. The molecule has 1 fully saturated rings. The highest BCUT2D eigenvalue weighted by Crippen LogP contribution is 2.16. The normalized spacial score (nSPS) is 17.1. The van der Waals surface area contributed by atoms with Crippen LogP contribution in [0.3, 0.4) is 0 Å². The molecule has 1 heterocycles. The molecule has 7 nitrogen and oxygen atoms in total. The van der Waals surface area contributed by atoms with E-state index in [1.54, 1.807) is 38.4 Å². The molecular formula is C20H29F3N4O3. The summed E-state index contributed by atoms with van der Waals surface area (Å²) in [5, 5.41) is 6.27. The summed E-state index contributed by atoms with van der Waals surface area (Å²) in [5.74, 6) is 0.851. The van der Waals surface area contributed by atoms with Crippen LogP contribution in [0.5, 0.6) is 0 Å². The first-order valence-corrected chi connectivity index (χ1v) is 9.75. The number of likely N-dealkylation sites (N-methyl/N-ethyl adjacent to an activating group) is 1. The molecule has 1 unspecified atom stereocenters. The maximum absolute atomic E-state index is 12.1. The van der Waals surface area contributed by atoms with E-state index in [0.29, 0.717) is 37.1 Å². The summed E-state index contributed by atoms with van der Waals surface area (Å²) >= 11 is 0. The smallest absolute Gasteiger partial charge is 0.381 e. The van der Waals surface area contributed by atoms with Crippen LogP contribution in [0, 0.1) is 5.92 Å². The Morgan fingerprint density at radius 3 is 2.53 bits per heavy atom. The second-order valence-electron chi connectivity index (χ2n) is 7.34. The molecule has 0 saturated carbocycles. The summed E-state index contributed by atoms with van der Waals surface area (Å²) in [6.07, 6.45) is -3.35. The van der Waals surface area contributed by atoms with E-state index in [-0.39, 0.29) is 19.1 Å². The summed E-state index contributed by atoms with van der Waals surface area (Å²) in [7, 11) is 3.37. The first-order valence-electron chi connectivity index (χ1n) is 9.75. The third kappa shape index (κ3) is 9.45. The number of amides is 1. The minimum Gasteiger partial charge on any atom is -0.381 e. The van der Waals surface area contributed by atoms with E-state index in [4.69, 9.17) is 4.74 Å². The van der Waals surface area contributed by atoms with E-state index in [1.807, 2.05) is 0 Å². The van der Waals surface area contributed by atoms with Crippen molar-refractivity contribution >= 4 is 11.9 Å². The fraction of sp³-hybridized carbons (Fsp3) is 0.600. The number of halogens is 3. The monoisotopic (exact) mass is 430 g/mol. The van der Waals surface area contributed by atoms with Gasteiger partial charge >= 0.3 is 6.18 Å². The van der Waals surface area contributed by atoms with Crippen molar-refractivity contribution in [2.24, 2.45) is 10.9 Å². The van der Waals surface area contributed by atoms with Gasteiger partial charge < -0.3 is 25.0 Å². The summed E-state index contributed by atoms with van der Waals surface area (Å²) in [4.78, 5) is 17.9. The first kappa shape index (κ1) is 23.9. The Morgan fingerprint density at radius 2 is 1.93 bits per heavy atom. The molecule has 0 aromatic heterocycles. The number of carbonyl (C=O) groups is 1. The topological polar surface area (TPSA) is 75.2 Å². The molecule has 1 aliphatic heterocycles. The number of ether oxygens (including phenoxy) is 2. The minimum absolute atomic E-state index is 0.0723. The predicted octanol–water partition coefficient (Wildman–Crippen LogP) is 1.93. The number of benzene rings is 1. The van der Waals surface area contributed by atoms with Crippen LogP contribution in [0.2, 0.25) is 0 Å². The molecule has 2 rings (SSSR count). The van der Waals surface area contributed by atoms with Gasteiger partial charge in [0.25, 0.3) is 0 Å². The van der Waals surface area contributed by atoms with Gasteiger partial charge in [-0.2, -0.15) is 13.2 Å². The number of aliphatic imine (C=N–C) groups is 1. The average molecular weight is 430 g/mol. The molecule has 0 aliphatic carbocycles. The molecule has 10 heteroatoms. The molecule has 1 amide bonds. The number of carbonyl (C=O) groups excluding carboxylic acids is 1. The highest BCUT2D eigenvalue weighted by Gasteiger charge is 2.27. The Kier molecular flexibility index (Phi) is 9.38. The van der Waals surface area contributed by atoms with Crippen molar-refractivity contribution in [1.82, 2.24) is 15.5 Å². The van der Waals surface area contributed by atoms with Gasteiger partial charge in [-0.15, -0.1) is 0 Å². The fourth-order valence-corrected chi connectivity index (χ4v) is 2.67. The molecule has 1 atom stereocenters. The van der Waals surface area contributed by atoms with E-state index >= 15 is 0 Å². The quantitative estimate of drug-likeness (QED) is 0.463. The van der Waals surface area contributed by atoms with Crippen molar-refractivity contribution in [3.63, 3.8) is 0 Å². The Labute approximate surface area is 174 Å². The number of alkyl halides is 3. The standard InChI is InChI=1S/C20H29F3N4O3/c1-27(2)18(28)11-26-19(25-10-17-7-8-29-13-17)24-9-15-3-5-16(6-4-15)12-30-14-20(21,22)23/h3-6,17H,7-14H2,1-2H3,(H2,24,25,26). The fourth-order valence-electron chi connectivity index (χ4n) is 2.67. The number of hydrogen-bond donors (Lipinski definition) is 2. The zero-order chi connectivity index (χ0) is 22.0. The van der Waals surface area contributed by atoms with E-state index in [9.17, 15) is 18.0 Å². The van der Waals surface area contributed by atoms with Gasteiger partial charge in [-0.1, -0.05) is 24.3 Å². The Bertz CT molecular complexity index is 688. The van der Waals surface area contributed by atoms with Gasteiger partial charge in [0.1, 0.15) is 6.61 Å². The Hall–Kier alpha value is -2.33. The maximum atomic E-state index is 12.1. The molecule has 2 N–H and O–H groups in total. The molecule has 0 radical (unpaired) electrons. The van der Waals surface area contributed by atoms with Gasteiger partial charge in [0.05, 0.1) is 26.3 Å². The Balaban J connectivity index is 1.89. The van der Waals surface area contributed by atoms with Crippen molar-refractivity contribution in [3.05, 3.63) is 35.4 Å². The van der Waals surface area contributed by atoms with Gasteiger partial charge in [-0.05, 0) is 17.5 Å². The molecule has 0 bridgehead atoms. The van der Waals surface area contributed by atoms with Gasteiger partial charge in [0.15, 0.2) is 5.96 Å². The summed E-state index contributed by atoms with van der Waals surface area (Å²) in [5.41, 5.74) is 1.54. The molecule has 168 valence electrons. The van der Waals surface area contributed by atoms with Crippen molar-refractivity contribution in [3.8, 4) is 0 Å². The molecule has 1 aliphatic rings. The molecule has 1 saturated heterocycles. The van der Waals surface area contributed by atoms with Crippen molar-refractivity contribution in [2.75, 3.05) is 47.0 Å². The largest absolute Gasteiger partial charge is 0.411 e. The van der Waals surface area contributed by atoms with Crippen molar-refractivity contribution < 1.29 is 27.4 Å². The Morgan fingerprint density at radius 1 is 1.23 bits per heavy atom. The minimum atomic E-state index is -4.33. The second kappa shape index (κ2) is 11.8. The van der Waals surface area contributed by atoms with Gasteiger partial charge in [-0.3, -0.25) is 4.79 Å². The summed E-state index contributed by atoms with van der Waals surface area (Å²) in [6.45, 7) is 1.26. The lowest BCUT2D eigenvalue weighted by Crippen LogP contribution is -2.44. The average Bonchev–Trinajstić information content (AvgIpc) is 3.20. The maximum Gasteiger partial charge on any atom is 0.411 e. The summed E-state index contributed by atoms with van der Waals surface area (Å²) < 4.78 is 46.4. The van der Waals surface area contributed by atoms with Crippen LogP contribution >= 0.6 is 0 Å². The van der Waals surface area contributed by atoms with Crippen LogP contribution in [-0.2, 0) is 27.4 Å². The van der Waals surface area contributed by atoms with E-state index < -0.39 is 12.8 Å². The van der Waals surface area contributed by atoms with Crippen LogP contribution in [-0.4, -0.2) is 69.9 Å². The first-order chi connectivity index (χ1) is 14.2. The van der Waals surface area contributed by atoms with Gasteiger partial charge in [0.2, 0.25) is 5.91 Å². The predicted molar refractivity (Wildman–Crippen MR) is 107 cm³/mol. The lowest BCUT2D eigenvalue weighted by molar-refractivity contribution is -0.176. The lowest BCUT2D eigenvalue weighted by atomic mass is 10.1. The van der Waals surface area contributed by atoms with Gasteiger partial charge in [0, 0.05) is 33.2 Å². The van der Waals surface area contributed by atoms with Crippen molar-refractivity contribution in [1.29, 1.82) is 0 Å². The molecule has 30 heavy (non-hydrogen) atoms. The molecule has 1 aromatic rings. The van der Waals surface area contributed by atoms with Crippen LogP contribution in [0.15, 0.2) is 29.3 Å². The highest BCUT2D eigenvalue weighted by molar-refractivity contribution is 5.86. The number of nitrogens with one attached hydrogen (secondary N) is 2. The zero-order valence-electron chi connectivity index (χ0n) is 17.3. The second-order valence-corrected chi connectivity index (χ2v) is 7.34. The van der Waals surface area contributed by atoms with E-state index in [1.165, 1.54) is 4.90 Å². The SMILES string of the molecule is CN(C)C(=O)CNC(=NCc1ccc(COCC(F)(F)F)cc1)NCC1CCOC1. The highest BCUT2D eigenvalue weighted by atomic mass is 19.4. The van der Waals surface area contributed by atoms with Gasteiger partial charge in [-0.25, -0.2) is 4.99 Å². The van der Waals surface area contributed by atoms with Crippen LogP contribution in [0.4, 0.5) is 13.2 Å². The third-order valence-corrected chi connectivity index (χ3v) is 4.47. The van der Waals surface area contributed by atoms with Crippen molar-refractivity contribution in [2.45, 2.75) is 25.7 Å². The number of hydrogen-bond acceptors (Lipinski definition) is 4. The van der Waals surface area contributed by atoms with Crippen LogP contribution in [0.1, 0.15) is 17.5 Å². The number of nitrogens with zero attached hydrogens (tertiary/aromatic N) is 2. The summed E-state index contributed by atoms with van der Waals surface area (Å²) in [6, 6.07) is 7.02. The molecule has 0 spiro atoms. The third-order valence-electron chi connectivity index (χ3n) is 4.47.